The van der Waals surface area contributed by atoms with Gasteiger partial charge < -0.3 is 10.1 Å². The van der Waals surface area contributed by atoms with Gasteiger partial charge in [-0.15, -0.1) is 0 Å². The number of imide groups is 1. The van der Waals surface area contributed by atoms with Crippen molar-refractivity contribution in [3.05, 3.63) is 61.0 Å². The Hall–Kier alpha value is -2.32. The van der Waals surface area contributed by atoms with Crippen molar-refractivity contribution in [2.24, 2.45) is 0 Å². The minimum absolute atomic E-state index is 0.123. The molecule has 3 amide bonds. The number of hydrogen-bond donors (Lipinski definition) is 1. The Morgan fingerprint density at radius 3 is 1.94 bits per heavy atom. The molecule has 2 aromatic rings. The van der Waals surface area contributed by atoms with Gasteiger partial charge in [0, 0.05) is 5.69 Å². The number of aryl methyl sites for hydroxylation is 1. The molecule has 2 aromatic carbocycles. The van der Waals surface area contributed by atoms with Gasteiger partial charge in [0.1, 0.15) is 6.04 Å². The van der Waals surface area contributed by atoms with Crippen LogP contribution in [0, 0.1) is 0 Å². The quantitative estimate of drug-likeness (QED) is 0.171. The number of unbranched alkanes of at least 4 members (excludes halogenated alkanes) is 1. The average Bonchev–Trinajstić information content (AvgIpc) is 3.11. The zero-order chi connectivity index (χ0) is 25.9. The number of esters is 1. The van der Waals surface area contributed by atoms with Gasteiger partial charge in [0.25, 0.3) is 17.7 Å². The predicted molar refractivity (Wildman–Crippen MR) is 136 cm³/mol. The van der Waals surface area contributed by atoms with Crippen molar-refractivity contribution >= 4 is 75.8 Å². The van der Waals surface area contributed by atoms with Gasteiger partial charge in [0.2, 0.25) is 0 Å². The topological polar surface area (TPSA) is 92.8 Å². The van der Waals surface area contributed by atoms with Gasteiger partial charge in [-0.2, -0.15) is 0 Å². The monoisotopic (exact) mass is 558 g/mol. The highest BCUT2D eigenvalue weighted by Crippen LogP contribution is 2.45. The van der Waals surface area contributed by atoms with E-state index in [1.807, 2.05) is 26.0 Å². The van der Waals surface area contributed by atoms with Crippen molar-refractivity contribution in [1.29, 1.82) is 0 Å². The number of ether oxygens (including phenoxy) is 1. The lowest BCUT2D eigenvalue weighted by atomic mass is 10.1. The summed E-state index contributed by atoms with van der Waals surface area (Å²) in [5.41, 5.74) is 1.21. The second kappa shape index (κ2) is 11.6. The Balaban J connectivity index is 1.78. The van der Waals surface area contributed by atoms with Crippen LogP contribution in [0.25, 0.3) is 0 Å². The van der Waals surface area contributed by atoms with E-state index < -0.39 is 36.3 Å². The average molecular weight is 560 g/mol. The first-order valence-corrected chi connectivity index (χ1v) is 12.4. The van der Waals surface area contributed by atoms with Crippen molar-refractivity contribution < 1.29 is 23.9 Å². The highest BCUT2D eigenvalue weighted by atomic mass is 35.5. The first kappa shape index (κ1) is 27.3. The summed E-state index contributed by atoms with van der Waals surface area (Å²) in [5, 5.41) is 1.83. The lowest BCUT2D eigenvalue weighted by Crippen LogP contribution is -2.46. The predicted octanol–water partition coefficient (Wildman–Crippen LogP) is 6.20. The minimum atomic E-state index is -1.29. The number of anilines is 1. The molecule has 1 N–H and O–H groups in total. The summed E-state index contributed by atoms with van der Waals surface area (Å²) in [6.45, 7) is 3.30. The summed E-state index contributed by atoms with van der Waals surface area (Å²) >= 11 is 24.5. The highest BCUT2D eigenvalue weighted by Gasteiger charge is 2.47. The van der Waals surface area contributed by atoms with E-state index in [0.717, 1.165) is 16.9 Å². The maximum atomic E-state index is 13.2. The van der Waals surface area contributed by atoms with Gasteiger partial charge >= 0.3 is 5.97 Å². The summed E-state index contributed by atoms with van der Waals surface area (Å²) in [6, 6.07) is 5.94. The van der Waals surface area contributed by atoms with Gasteiger partial charge in [-0.3, -0.25) is 19.3 Å². The van der Waals surface area contributed by atoms with E-state index in [1.54, 1.807) is 12.1 Å². The SMILES string of the molecule is CCCC[C@H](C(=O)OCC(=O)Nc1ccc(CC)cc1)N1C(=O)c2c(Cl)c(Cl)c(Cl)c(Cl)c2C1=O. The molecule has 7 nitrogen and oxygen atoms in total. The number of nitrogens with zero attached hydrogens (tertiary/aromatic N) is 1. The van der Waals surface area contributed by atoms with Crippen molar-refractivity contribution in [2.45, 2.75) is 45.6 Å². The lowest BCUT2D eigenvalue weighted by molar-refractivity contribution is -0.151. The van der Waals surface area contributed by atoms with Crippen LogP contribution in [0.1, 0.15) is 59.4 Å². The molecule has 0 spiro atoms. The van der Waals surface area contributed by atoms with Crippen LogP contribution in [-0.2, 0) is 20.7 Å². The van der Waals surface area contributed by atoms with E-state index >= 15 is 0 Å². The van der Waals surface area contributed by atoms with Gasteiger partial charge in [-0.05, 0) is 30.5 Å². The van der Waals surface area contributed by atoms with E-state index in [9.17, 15) is 19.2 Å². The molecule has 35 heavy (non-hydrogen) atoms. The number of rotatable bonds is 9. The Labute approximate surface area is 222 Å². The van der Waals surface area contributed by atoms with Crippen LogP contribution >= 0.6 is 46.4 Å². The fourth-order valence-corrected chi connectivity index (χ4v) is 4.67. The molecule has 11 heteroatoms. The molecule has 0 bridgehead atoms. The Morgan fingerprint density at radius 1 is 0.914 bits per heavy atom. The van der Waals surface area contributed by atoms with Gasteiger partial charge in [0.05, 0.1) is 31.2 Å². The Kier molecular flexibility index (Phi) is 9.05. The van der Waals surface area contributed by atoms with Crippen molar-refractivity contribution in [3.63, 3.8) is 0 Å². The zero-order valence-corrected chi connectivity index (χ0v) is 21.9. The molecule has 0 saturated heterocycles. The molecule has 1 atom stereocenters. The summed E-state index contributed by atoms with van der Waals surface area (Å²) in [5.74, 6) is -3.15. The third-order valence-electron chi connectivity index (χ3n) is 5.54. The summed E-state index contributed by atoms with van der Waals surface area (Å²) < 4.78 is 5.18. The molecule has 1 heterocycles. The van der Waals surface area contributed by atoms with Gasteiger partial charge in [-0.25, -0.2) is 4.79 Å². The third kappa shape index (κ3) is 5.59. The van der Waals surface area contributed by atoms with E-state index in [2.05, 4.69) is 5.32 Å². The fourth-order valence-electron chi connectivity index (χ4n) is 3.65. The number of halogens is 4. The maximum Gasteiger partial charge on any atom is 0.329 e. The highest BCUT2D eigenvalue weighted by molar-refractivity contribution is 6.55. The van der Waals surface area contributed by atoms with Gasteiger partial charge in [-0.1, -0.05) is 85.2 Å². The molecule has 0 aromatic heterocycles. The third-order valence-corrected chi connectivity index (χ3v) is 7.34. The van der Waals surface area contributed by atoms with Crippen LogP contribution in [0.2, 0.25) is 20.1 Å². The zero-order valence-electron chi connectivity index (χ0n) is 18.9. The van der Waals surface area contributed by atoms with E-state index in [0.29, 0.717) is 18.5 Å². The Morgan fingerprint density at radius 2 is 1.46 bits per heavy atom. The number of amides is 3. The molecule has 3 rings (SSSR count). The molecule has 1 aliphatic rings. The first-order valence-electron chi connectivity index (χ1n) is 10.9. The molecule has 186 valence electrons. The molecule has 0 saturated carbocycles. The summed E-state index contributed by atoms with van der Waals surface area (Å²) in [7, 11) is 0. The van der Waals surface area contributed by atoms with Crippen LogP contribution in [-0.4, -0.2) is 41.2 Å². The largest absolute Gasteiger partial charge is 0.454 e. The van der Waals surface area contributed by atoms with Crippen LogP contribution < -0.4 is 5.32 Å². The van der Waals surface area contributed by atoms with Crippen molar-refractivity contribution in [2.75, 3.05) is 11.9 Å². The molecular weight excluding hydrogens is 538 g/mol. The number of benzene rings is 2. The number of hydrogen-bond acceptors (Lipinski definition) is 5. The Bertz CT molecular complexity index is 1140. The first-order chi connectivity index (χ1) is 16.6. The van der Waals surface area contributed by atoms with Crippen LogP contribution in [0.15, 0.2) is 24.3 Å². The molecular formula is C24H22Cl4N2O5. The van der Waals surface area contributed by atoms with Crippen LogP contribution in [0.4, 0.5) is 5.69 Å². The van der Waals surface area contributed by atoms with E-state index in [1.165, 1.54) is 0 Å². The van der Waals surface area contributed by atoms with Crippen LogP contribution in [0.3, 0.4) is 0 Å². The molecule has 0 fully saturated rings. The normalized spacial score (nSPS) is 13.6. The smallest absolute Gasteiger partial charge is 0.329 e. The van der Waals surface area contributed by atoms with Crippen LogP contribution in [0.5, 0.6) is 0 Å². The van der Waals surface area contributed by atoms with Crippen molar-refractivity contribution in [1.82, 2.24) is 4.90 Å². The minimum Gasteiger partial charge on any atom is -0.454 e. The molecule has 0 aliphatic carbocycles. The van der Waals surface area contributed by atoms with E-state index in [-0.39, 0.29) is 37.6 Å². The van der Waals surface area contributed by atoms with Crippen molar-refractivity contribution in [3.8, 4) is 0 Å². The van der Waals surface area contributed by atoms with E-state index in [4.69, 9.17) is 51.1 Å². The number of carbonyl (C=O) groups is 4. The number of fused-ring (bicyclic) bond motifs is 1. The van der Waals surface area contributed by atoms with Gasteiger partial charge in [0.15, 0.2) is 6.61 Å². The summed E-state index contributed by atoms with van der Waals surface area (Å²) in [4.78, 5) is 52.3. The fraction of sp³-hybridized carbons (Fsp3) is 0.333. The number of nitrogens with one attached hydrogen (secondary N) is 1. The molecule has 0 radical (unpaired) electrons. The second-order valence-electron chi connectivity index (χ2n) is 7.85. The molecule has 1 aliphatic heterocycles. The summed E-state index contributed by atoms with van der Waals surface area (Å²) in [6.07, 6.45) is 2.17. The lowest BCUT2D eigenvalue weighted by Gasteiger charge is -2.24. The molecule has 0 unspecified atom stereocenters. The maximum absolute atomic E-state index is 13.2. The standard InChI is InChI=1S/C24H22Cl4N2O5/c1-3-5-6-14(24(34)35-11-15(31)29-13-9-7-12(4-2)8-10-13)30-22(32)16-17(23(30)33)19(26)21(28)20(27)18(16)25/h7-10,14H,3-6,11H2,1-2H3,(H,29,31)/t14-/m1/s1. The second-order valence-corrected chi connectivity index (χ2v) is 9.36. The number of carbonyl (C=O) groups excluding carboxylic acids is 4.